The van der Waals surface area contributed by atoms with Gasteiger partial charge in [-0.2, -0.15) is 5.10 Å². The molecule has 0 aliphatic carbocycles. The van der Waals surface area contributed by atoms with Crippen LogP contribution in [0.15, 0.2) is 12.4 Å². The summed E-state index contributed by atoms with van der Waals surface area (Å²) >= 11 is 0. The third-order valence-electron chi connectivity index (χ3n) is 1.12. The number of hydrogen-bond acceptors (Lipinski definition) is 2. The minimum Gasteiger partial charge on any atom is -0.392 e. The molecule has 0 saturated carbocycles. The Morgan fingerprint density at radius 1 is 1.80 bits per heavy atom. The van der Waals surface area contributed by atoms with Gasteiger partial charge in [0.1, 0.15) is 6.54 Å². The van der Waals surface area contributed by atoms with Gasteiger partial charge in [-0.1, -0.05) is 5.92 Å². The van der Waals surface area contributed by atoms with Crippen LogP contribution in [0.25, 0.3) is 0 Å². The van der Waals surface area contributed by atoms with Crippen LogP contribution in [0, 0.1) is 12.3 Å². The van der Waals surface area contributed by atoms with Crippen LogP contribution < -0.4 is 0 Å². The molecule has 0 bridgehead atoms. The van der Waals surface area contributed by atoms with E-state index in [4.69, 9.17) is 11.5 Å². The lowest BCUT2D eigenvalue weighted by Crippen LogP contribution is -1.94. The van der Waals surface area contributed by atoms with E-state index in [1.807, 2.05) is 0 Å². The van der Waals surface area contributed by atoms with Gasteiger partial charge in [-0.15, -0.1) is 6.42 Å². The third kappa shape index (κ3) is 1.36. The van der Waals surface area contributed by atoms with Crippen LogP contribution in [-0.4, -0.2) is 14.9 Å². The van der Waals surface area contributed by atoms with Crippen molar-refractivity contribution in [1.29, 1.82) is 0 Å². The van der Waals surface area contributed by atoms with Gasteiger partial charge in [0.15, 0.2) is 0 Å². The molecule has 52 valence electrons. The van der Waals surface area contributed by atoms with Crippen LogP contribution in [0.3, 0.4) is 0 Å². The summed E-state index contributed by atoms with van der Waals surface area (Å²) in [4.78, 5) is 0. The first-order valence-electron chi connectivity index (χ1n) is 2.92. The van der Waals surface area contributed by atoms with Crippen molar-refractivity contribution in [2.45, 2.75) is 13.2 Å². The van der Waals surface area contributed by atoms with E-state index in [1.165, 1.54) is 0 Å². The Hall–Kier alpha value is -1.27. The van der Waals surface area contributed by atoms with E-state index in [0.29, 0.717) is 6.54 Å². The van der Waals surface area contributed by atoms with E-state index < -0.39 is 0 Å². The Morgan fingerprint density at radius 2 is 2.60 bits per heavy atom. The van der Waals surface area contributed by atoms with Gasteiger partial charge in [0, 0.05) is 11.8 Å². The summed E-state index contributed by atoms with van der Waals surface area (Å²) in [5.41, 5.74) is 0.787. The van der Waals surface area contributed by atoms with Gasteiger partial charge in [-0.25, -0.2) is 0 Å². The fraction of sp³-hybridized carbons (Fsp3) is 0.286. The number of terminal acetylenes is 1. The molecule has 0 amide bonds. The van der Waals surface area contributed by atoms with Gasteiger partial charge in [-0.3, -0.25) is 4.68 Å². The highest BCUT2D eigenvalue weighted by Crippen LogP contribution is 1.95. The minimum absolute atomic E-state index is 0.0184. The van der Waals surface area contributed by atoms with E-state index >= 15 is 0 Å². The molecular formula is C7H8N2O. The summed E-state index contributed by atoms with van der Waals surface area (Å²) in [5, 5.41) is 12.5. The Morgan fingerprint density at radius 3 is 3.10 bits per heavy atom. The fourth-order valence-corrected chi connectivity index (χ4v) is 0.668. The van der Waals surface area contributed by atoms with Gasteiger partial charge >= 0.3 is 0 Å². The van der Waals surface area contributed by atoms with Crippen molar-refractivity contribution in [1.82, 2.24) is 9.78 Å². The van der Waals surface area contributed by atoms with Crippen molar-refractivity contribution in [3.05, 3.63) is 18.0 Å². The van der Waals surface area contributed by atoms with E-state index in [0.717, 1.165) is 5.56 Å². The summed E-state index contributed by atoms with van der Waals surface area (Å²) in [6.07, 6.45) is 8.35. The van der Waals surface area contributed by atoms with Crippen molar-refractivity contribution in [3.8, 4) is 12.3 Å². The molecule has 3 heteroatoms. The molecule has 1 N–H and O–H groups in total. The van der Waals surface area contributed by atoms with E-state index in [-0.39, 0.29) is 6.61 Å². The fourth-order valence-electron chi connectivity index (χ4n) is 0.668. The highest BCUT2D eigenvalue weighted by Gasteiger charge is 1.92. The summed E-state index contributed by atoms with van der Waals surface area (Å²) in [6, 6.07) is 0. The molecule has 0 aliphatic rings. The molecule has 0 aromatic carbocycles. The highest BCUT2D eigenvalue weighted by atomic mass is 16.3. The van der Waals surface area contributed by atoms with Crippen molar-refractivity contribution >= 4 is 0 Å². The Kier molecular flexibility index (Phi) is 2.08. The number of hydrogen-bond donors (Lipinski definition) is 1. The molecule has 1 aromatic heterocycles. The lowest BCUT2D eigenvalue weighted by atomic mass is 10.4. The number of rotatable bonds is 2. The number of aromatic nitrogens is 2. The van der Waals surface area contributed by atoms with Crippen molar-refractivity contribution in [2.75, 3.05) is 0 Å². The first-order valence-corrected chi connectivity index (χ1v) is 2.92. The monoisotopic (exact) mass is 136 g/mol. The zero-order valence-corrected chi connectivity index (χ0v) is 5.49. The van der Waals surface area contributed by atoms with Crippen molar-refractivity contribution < 1.29 is 5.11 Å². The predicted octanol–water partition coefficient (Wildman–Crippen LogP) is 0.00860. The van der Waals surface area contributed by atoms with Crippen LogP contribution in [0.2, 0.25) is 0 Å². The quantitative estimate of drug-likeness (QED) is 0.581. The zero-order chi connectivity index (χ0) is 7.40. The minimum atomic E-state index is 0.0184. The molecule has 0 saturated heterocycles. The normalized spacial score (nSPS) is 9.20. The van der Waals surface area contributed by atoms with E-state index in [1.54, 1.807) is 17.1 Å². The molecular weight excluding hydrogens is 128 g/mol. The topological polar surface area (TPSA) is 38.0 Å². The average molecular weight is 136 g/mol. The van der Waals surface area contributed by atoms with Gasteiger partial charge in [0.2, 0.25) is 0 Å². The first-order chi connectivity index (χ1) is 4.86. The predicted molar refractivity (Wildman–Crippen MR) is 37.0 cm³/mol. The maximum absolute atomic E-state index is 8.61. The summed E-state index contributed by atoms with van der Waals surface area (Å²) < 4.78 is 1.60. The van der Waals surface area contributed by atoms with Gasteiger partial charge in [0.25, 0.3) is 0 Å². The lowest BCUT2D eigenvalue weighted by Gasteiger charge is -1.89. The average Bonchev–Trinajstić information content (AvgIpc) is 2.37. The first kappa shape index (κ1) is 6.84. The zero-order valence-electron chi connectivity index (χ0n) is 5.49. The Balaban J connectivity index is 2.70. The van der Waals surface area contributed by atoms with Crippen LogP contribution in [-0.2, 0) is 13.2 Å². The van der Waals surface area contributed by atoms with Crippen LogP contribution in [0.5, 0.6) is 0 Å². The molecule has 1 aromatic rings. The Labute approximate surface area is 59.3 Å². The number of nitrogens with zero attached hydrogens (tertiary/aromatic N) is 2. The second kappa shape index (κ2) is 3.04. The largest absolute Gasteiger partial charge is 0.392 e. The van der Waals surface area contributed by atoms with Gasteiger partial charge < -0.3 is 5.11 Å². The SMILES string of the molecule is C#CCn1cc(CO)cn1. The van der Waals surface area contributed by atoms with Gasteiger partial charge in [0.05, 0.1) is 12.8 Å². The summed E-state index contributed by atoms with van der Waals surface area (Å²) in [6.45, 7) is 0.477. The smallest absolute Gasteiger partial charge is 0.101 e. The molecule has 0 fully saturated rings. The molecule has 10 heavy (non-hydrogen) atoms. The van der Waals surface area contributed by atoms with Gasteiger partial charge in [-0.05, 0) is 0 Å². The maximum atomic E-state index is 8.61. The summed E-state index contributed by atoms with van der Waals surface area (Å²) in [5.74, 6) is 2.44. The van der Waals surface area contributed by atoms with E-state index in [2.05, 4.69) is 11.0 Å². The van der Waals surface area contributed by atoms with Crippen LogP contribution >= 0.6 is 0 Å². The lowest BCUT2D eigenvalue weighted by molar-refractivity contribution is 0.281. The number of aliphatic hydroxyl groups is 1. The van der Waals surface area contributed by atoms with Crippen LogP contribution in [0.4, 0.5) is 0 Å². The van der Waals surface area contributed by atoms with Crippen molar-refractivity contribution in [3.63, 3.8) is 0 Å². The Bertz CT molecular complexity index is 246. The molecule has 0 radical (unpaired) electrons. The molecule has 0 aliphatic heterocycles. The summed E-state index contributed by atoms with van der Waals surface area (Å²) in [7, 11) is 0. The third-order valence-corrected chi connectivity index (χ3v) is 1.12. The molecule has 0 atom stereocenters. The van der Waals surface area contributed by atoms with E-state index in [9.17, 15) is 0 Å². The van der Waals surface area contributed by atoms with Crippen molar-refractivity contribution in [2.24, 2.45) is 0 Å². The molecule has 0 spiro atoms. The standard InChI is InChI=1S/C7H8N2O/c1-2-3-9-5-7(6-10)4-8-9/h1,4-5,10H,3,6H2. The number of aliphatic hydroxyl groups excluding tert-OH is 1. The van der Waals surface area contributed by atoms with Crippen LogP contribution in [0.1, 0.15) is 5.56 Å². The highest BCUT2D eigenvalue weighted by molar-refractivity contribution is 5.02. The molecule has 1 rings (SSSR count). The second-order valence-corrected chi connectivity index (χ2v) is 1.91. The molecule has 0 unspecified atom stereocenters. The maximum Gasteiger partial charge on any atom is 0.101 e. The second-order valence-electron chi connectivity index (χ2n) is 1.91. The molecule has 1 heterocycles. The molecule has 3 nitrogen and oxygen atoms in total.